The van der Waals surface area contributed by atoms with Gasteiger partial charge in [0.2, 0.25) is 0 Å². The van der Waals surface area contributed by atoms with Gasteiger partial charge in [0, 0.05) is 23.6 Å². The average molecular weight is 377 g/mol. The van der Waals surface area contributed by atoms with E-state index in [0.29, 0.717) is 5.92 Å². The molecule has 1 aliphatic rings. The molecule has 3 heteroatoms. The summed E-state index contributed by atoms with van der Waals surface area (Å²) in [6.07, 6.45) is 4.90. The molecule has 27 heavy (non-hydrogen) atoms. The molecule has 3 aromatic carbocycles. The van der Waals surface area contributed by atoms with Crippen molar-refractivity contribution in [3.05, 3.63) is 84.1 Å². The summed E-state index contributed by atoms with van der Waals surface area (Å²) in [5, 5.41) is 7.60. The maximum atomic E-state index is 3.49. The number of hydrogen-bond acceptors (Lipinski definition) is 1. The maximum Gasteiger partial charge on any atom is 0.0486 e. The van der Waals surface area contributed by atoms with E-state index in [4.69, 9.17) is 0 Å². The molecule has 0 amide bonds. The van der Waals surface area contributed by atoms with Gasteiger partial charge in [-0.25, -0.2) is 0 Å². The molecule has 1 aromatic heterocycles. The summed E-state index contributed by atoms with van der Waals surface area (Å²) in [4.78, 5) is 0. The van der Waals surface area contributed by atoms with E-state index in [1.807, 2.05) is 0 Å². The quantitative estimate of drug-likeness (QED) is 0.483. The first-order valence-corrected chi connectivity index (χ1v) is 9.65. The fraction of sp³-hybridized carbons (Fsp3) is 0.250. The summed E-state index contributed by atoms with van der Waals surface area (Å²) in [6.45, 7) is 3.19. The lowest BCUT2D eigenvalue weighted by atomic mass is 9.90. The van der Waals surface area contributed by atoms with Gasteiger partial charge in [-0.05, 0) is 59.8 Å². The number of nitrogens with zero attached hydrogens (tertiary/aromatic N) is 1. The second kappa shape index (κ2) is 7.75. The van der Waals surface area contributed by atoms with Gasteiger partial charge in [0.1, 0.15) is 0 Å². The molecule has 2 heterocycles. The summed E-state index contributed by atoms with van der Waals surface area (Å²) >= 11 is 0. The molecule has 4 aromatic rings. The molecule has 0 bridgehead atoms. The fourth-order valence-corrected chi connectivity index (χ4v) is 4.48. The van der Waals surface area contributed by atoms with Crippen molar-refractivity contribution in [1.82, 2.24) is 9.88 Å². The van der Waals surface area contributed by atoms with Gasteiger partial charge in [-0.2, -0.15) is 0 Å². The predicted octanol–water partition coefficient (Wildman–Crippen LogP) is 5.73. The first-order valence-electron chi connectivity index (χ1n) is 9.65. The van der Waals surface area contributed by atoms with Crippen molar-refractivity contribution in [3.8, 4) is 0 Å². The molecule has 0 unspecified atom stereocenters. The third-order valence-corrected chi connectivity index (χ3v) is 5.82. The lowest BCUT2D eigenvalue weighted by molar-refractivity contribution is 0.461. The zero-order chi connectivity index (χ0) is 17.3. The standard InChI is InChI=1S/C24H24N2.ClH/c1-2-9-21-18(6-1)7-5-8-20(21)16-26-17-23(19-12-14-25-15-13-19)22-10-3-4-11-24(22)26;/h1-11,17,19,25H,12-16H2;1H. The summed E-state index contributed by atoms with van der Waals surface area (Å²) in [7, 11) is 0. The monoisotopic (exact) mass is 376 g/mol. The maximum absolute atomic E-state index is 3.49. The summed E-state index contributed by atoms with van der Waals surface area (Å²) in [5.41, 5.74) is 4.28. The highest BCUT2D eigenvalue weighted by molar-refractivity contribution is 5.87. The molecule has 5 rings (SSSR count). The third-order valence-electron chi connectivity index (χ3n) is 5.82. The van der Waals surface area contributed by atoms with Gasteiger partial charge in [-0.1, -0.05) is 60.7 Å². The first-order chi connectivity index (χ1) is 12.9. The van der Waals surface area contributed by atoms with Crippen molar-refractivity contribution in [3.63, 3.8) is 0 Å². The van der Waals surface area contributed by atoms with Crippen LogP contribution in [-0.4, -0.2) is 17.7 Å². The third kappa shape index (κ3) is 3.36. The highest BCUT2D eigenvalue weighted by Crippen LogP contribution is 2.33. The van der Waals surface area contributed by atoms with Gasteiger partial charge in [0.25, 0.3) is 0 Å². The van der Waals surface area contributed by atoms with E-state index in [1.165, 1.54) is 45.6 Å². The van der Waals surface area contributed by atoms with E-state index in [-0.39, 0.29) is 12.4 Å². The molecule has 0 radical (unpaired) electrons. The van der Waals surface area contributed by atoms with Crippen molar-refractivity contribution >= 4 is 34.1 Å². The molecule has 0 spiro atoms. The number of aromatic nitrogens is 1. The van der Waals surface area contributed by atoms with Crippen molar-refractivity contribution in [1.29, 1.82) is 0 Å². The number of rotatable bonds is 3. The lowest BCUT2D eigenvalue weighted by Gasteiger charge is -2.22. The normalized spacial score (nSPS) is 15.1. The highest BCUT2D eigenvalue weighted by Gasteiger charge is 2.20. The van der Waals surface area contributed by atoms with Gasteiger partial charge >= 0.3 is 0 Å². The van der Waals surface area contributed by atoms with E-state index in [2.05, 4.69) is 82.8 Å². The summed E-state index contributed by atoms with van der Waals surface area (Å²) in [6, 6.07) is 24.2. The molecular weight excluding hydrogens is 352 g/mol. The van der Waals surface area contributed by atoms with Crippen LogP contribution in [0, 0.1) is 0 Å². The predicted molar refractivity (Wildman–Crippen MR) is 117 cm³/mol. The van der Waals surface area contributed by atoms with Crippen LogP contribution in [0.1, 0.15) is 29.9 Å². The number of para-hydroxylation sites is 1. The largest absolute Gasteiger partial charge is 0.343 e. The molecule has 2 nitrogen and oxygen atoms in total. The van der Waals surface area contributed by atoms with Crippen LogP contribution >= 0.6 is 12.4 Å². The van der Waals surface area contributed by atoms with Crippen LogP contribution < -0.4 is 5.32 Å². The minimum Gasteiger partial charge on any atom is -0.343 e. The Morgan fingerprint density at radius 3 is 2.37 bits per heavy atom. The number of piperidine rings is 1. The number of fused-ring (bicyclic) bond motifs is 2. The van der Waals surface area contributed by atoms with E-state index in [0.717, 1.165) is 19.6 Å². The lowest BCUT2D eigenvalue weighted by Crippen LogP contribution is -2.26. The van der Waals surface area contributed by atoms with Gasteiger partial charge in [-0.15, -0.1) is 12.4 Å². The molecule has 0 saturated carbocycles. The highest BCUT2D eigenvalue weighted by atomic mass is 35.5. The Bertz CT molecular complexity index is 1060. The first kappa shape index (κ1) is 18.1. The number of benzene rings is 3. The molecule has 1 fully saturated rings. The van der Waals surface area contributed by atoms with Crippen molar-refractivity contribution in [2.75, 3.05) is 13.1 Å². The van der Waals surface area contributed by atoms with Crippen LogP contribution in [0.25, 0.3) is 21.7 Å². The second-order valence-corrected chi connectivity index (χ2v) is 7.39. The van der Waals surface area contributed by atoms with Crippen LogP contribution in [0.2, 0.25) is 0 Å². The van der Waals surface area contributed by atoms with Gasteiger partial charge < -0.3 is 9.88 Å². The van der Waals surface area contributed by atoms with Crippen molar-refractivity contribution in [2.45, 2.75) is 25.3 Å². The molecule has 1 N–H and O–H groups in total. The Morgan fingerprint density at radius 1 is 0.815 bits per heavy atom. The second-order valence-electron chi connectivity index (χ2n) is 7.39. The molecule has 0 atom stereocenters. The minimum atomic E-state index is 0. The van der Waals surface area contributed by atoms with Crippen molar-refractivity contribution in [2.24, 2.45) is 0 Å². The van der Waals surface area contributed by atoms with E-state index in [9.17, 15) is 0 Å². The average Bonchev–Trinajstić information content (AvgIpc) is 3.08. The van der Waals surface area contributed by atoms with E-state index >= 15 is 0 Å². The van der Waals surface area contributed by atoms with Crippen LogP contribution in [0.5, 0.6) is 0 Å². The summed E-state index contributed by atoms with van der Waals surface area (Å²) < 4.78 is 2.45. The van der Waals surface area contributed by atoms with Gasteiger partial charge in [0.15, 0.2) is 0 Å². The number of halogens is 1. The zero-order valence-electron chi connectivity index (χ0n) is 15.4. The van der Waals surface area contributed by atoms with Crippen LogP contribution in [0.4, 0.5) is 0 Å². The molecule has 1 aliphatic heterocycles. The zero-order valence-corrected chi connectivity index (χ0v) is 16.2. The Kier molecular flexibility index (Phi) is 5.20. The van der Waals surface area contributed by atoms with E-state index < -0.39 is 0 Å². The Hall–Kier alpha value is -2.29. The van der Waals surface area contributed by atoms with E-state index in [1.54, 1.807) is 0 Å². The van der Waals surface area contributed by atoms with Crippen molar-refractivity contribution < 1.29 is 0 Å². The Morgan fingerprint density at radius 2 is 1.52 bits per heavy atom. The smallest absolute Gasteiger partial charge is 0.0486 e. The number of hydrogen-bond donors (Lipinski definition) is 1. The molecule has 138 valence electrons. The number of nitrogens with one attached hydrogen (secondary N) is 1. The van der Waals surface area contributed by atoms with Crippen LogP contribution in [0.3, 0.4) is 0 Å². The SMILES string of the molecule is Cl.c1ccc2c(Cn3cc(C4CCNCC4)c4ccccc43)cccc2c1. The summed E-state index contributed by atoms with van der Waals surface area (Å²) in [5.74, 6) is 0.676. The molecule has 1 saturated heterocycles. The minimum absolute atomic E-state index is 0. The van der Waals surface area contributed by atoms with Crippen LogP contribution in [-0.2, 0) is 6.54 Å². The van der Waals surface area contributed by atoms with Gasteiger partial charge in [-0.3, -0.25) is 0 Å². The molecular formula is C24H25ClN2. The molecule has 0 aliphatic carbocycles. The fourth-order valence-electron chi connectivity index (χ4n) is 4.48. The van der Waals surface area contributed by atoms with Crippen LogP contribution in [0.15, 0.2) is 72.9 Å². The topological polar surface area (TPSA) is 17.0 Å². The van der Waals surface area contributed by atoms with Gasteiger partial charge in [0.05, 0.1) is 0 Å². The Labute approximate surface area is 166 Å². The Balaban J connectivity index is 0.00000180.